The smallest absolute Gasteiger partial charge is 0.379 e. The van der Waals surface area contributed by atoms with Crippen LogP contribution in [-0.4, -0.2) is 51.4 Å². The fourth-order valence-corrected chi connectivity index (χ4v) is 2.28. The van der Waals surface area contributed by atoms with Crippen LogP contribution in [0.1, 0.15) is 11.4 Å². The molecule has 9 heteroatoms. The third-order valence-electron chi connectivity index (χ3n) is 3.42. The summed E-state index contributed by atoms with van der Waals surface area (Å²) in [6.07, 6.45) is -4.39. The number of morpholine rings is 1. The lowest BCUT2D eigenvalue weighted by molar-refractivity contribution is -0.137. The van der Waals surface area contributed by atoms with Crippen molar-refractivity contribution in [2.45, 2.75) is 12.7 Å². The molecule has 0 aliphatic carbocycles. The van der Waals surface area contributed by atoms with Gasteiger partial charge in [-0.05, 0) is 28.6 Å². The summed E-state index contributed by atoms with van der Waals surface area (Å²) in [6, 6.07) is 4.96. The number of benzene rings is 1. The second-order valence-corrected chi connectivity index (χ2v) is 4.94. The first-order chi connectivity index (χ1) is 10.5. The number of rotatable bonds is 3. The van der Waals surface area contributed by atoms with Crippen LogP contribution in [-0.2, 0) is 17.5 Å². The lowest BCUT2D eigenvalue weighted by Gasteiger charge is -2.25. The Kier molecular flexibility index (Phi) is 4.08. The topological polar surface area (TPSA) is 56.1 Å². The van der Waals surface area contributed by atoms with E-state index >= 15 is 0 Å². The van der Waals surface area contributed by atoms with E-state index in [2.05, 4.69) is 20.4 Å². The van der Waals surface area contributed by atoms with E-state index in [4.69, 9.17) is 4.74 Å². The van der Waals surface area contributed by atoms with Gasteiger partial charge in [0.15, 0.2) is 5.82 Å². The Bertz CT molecular complexity index is 637. The van der Waals surface area contributed by atoms with Crippen molar-refractivity contribution in [3.05, 3.63) is 35.7 Å². The van der Waals surface area contributed by atoms with E-state index in [9.17, 15) is 13.2 Å². The molecule has 1 aliphatic heterocycles. The molecule has 2 aromatic rings. The van der Waals surface area contributed by atoms with Gasteiger partial charge < -0.3 is 4.74 Å². The minimum atomic E-state index is -4.39. The average molecular weight is 313 g/mol. The maximum atomic E-state index is 12.8. The fourth-order valence-electron chi connectivity index (χ4n) is 2.28. The maximum Gasteiger partial charge on any atom is 0.416 e. The SMILES string of the molecule is FC(F)(F)c1cccc(-n2nnnc2CN2CCOCC2)c1. The van der Waals surface area contributed by atoms with Crippen molar-refractivity contribution in [2.24, 2.45) is 0 Å². The van der Waals surface area contributed by atoms with E-state index in [1.165, 1.54) is 10.7 Å². The minimum Gasteiger partial charge on any atom is -0.379 e. The Morgan fingerprint density at radius 3 is 2.68 bits per heavy atom. The first-order valence-corrected chi connectivity index (χ1v) is 6.79. The molecule has 2 heterocycles. The fraction of sp³-hybridized carbons (Fsp3) is 0.462. The van der Waals surface area contributed by atoms with Crippen LogP contribution in [0.15, 0.2) is 24.3 Å². The van der Waals surface area contributed by atoms with Crippen molar-refractivity contribution in [2.75, 3.05) is 26.3 Å². The first kappa shape index (κ1) is 14.9. The molecule has 118 valence electrons. The van der Waals surface area contributed by atoms with Gasteiger partial charge in [-0.1, -0.05) is 6.07 Å². The van der Waals surface area contributed by atoms with Crippen LogP contribution < -0.4 is 0 Å². The van der Waals surface area contributed by atoms with Gasteiger partial charge in [0.1, 0.15) is 0 Å². The zero-order chi connectivity index (χ0) is 15.6. The molecular weight excluding hydrogens is 299 g/mol. The summed E-state index contributed by atoms with van der Waals surface area (Å²) in [7, 11) is 0. The van der Waals surface area contributed by atoms with Crippen LogP contribution in [0.5, 0.6) is 0 Å². The Labute approximate surface area is 124 Å². The zero-order valence-electron chi connectivity index (χ0n) is 11.6. The van der Waals surface area contributed by atoms with Crippen molar-refractivity contribution in [3.63, 3.8) is 0 Å². The lowest BCUT2D eigenvalue weighted by Crippen LogP contribution is -2.36. The maximum absolute atomic E-state index is 12.8. The molecule has 1 aromatic carbocycles. The van der Waals surface area contributed by atoms with Crippen LogP contribution in [0, 0.1) is 0 Å². The highest BCUT2D eigenvalue weighted by Crippen LogP contribution is 2.30. The number of ether oxygens (including phenoxy) is 1. The minimum absolute atomic E-state index is 0.295. The number of halogens is 3. The molecule has 0 saturated carbocycles. The summed E-state index contributed by atoms with van der Waals surface area (Å²) in [4.78, 5) is 2.10. The highest BCUT2D eigenvalue weighted by Gasteiger charge is 2.30. The van der Waals surface area contributed by atoms with E-state index in [1.54, 1.807) is 6.07 Å². The van der Waals surface area contributed by atoms with E-state index in [1.807, 2.05) is 0 Å². The highest BCUT2D eigenvalue weighted by atomic mass is 19.4. The third kappa shape index (κ3) is 3.25. The molecule has 1 fully saturated rings. The van der Waals surface area contributed by atoms with Gasteiger partial charge in [-0.25, -0.2) is 0 Å². The van der Waals surface area contributed by atoms with Crippen molar-refractivity contribution in [1.29, 1.82) is 0 Å². The Morgan fingerprint density at radius 2 is 1.95 bits per heavy atom. The molecule has 0 bridgehead atoms. The molecule has 22 heavy (non-hydrogen) atoms. The van der Waals surface area contributed by atoms with E-state index in [0.717, 1.165) is 25.2 Å². The molecule has 6 nitrogen and oxygen atoms in total. The summed E-state index contributed by atoms with van der Waals surface area (Å²) in [5, 5.41) is 11.3. The predicted molar refractivity (Wildman–Crippen MR) is 70.3 cm³/mol. The summed E-state index contributed by atoms with van der Waals surface area (Å²) < 4.78 is 45.0. The lowest BCUT2D eigenvalue weighted by atomic mass is 10.2. The van der Waals surface area contributed by atoms with E-state index < -0.39 is 11.7 Å². The summed E-state index contributed by atoms with van der Waals surface area (Å²) >= 11 is 0. The molecule has 0 spiro atoms. The van der Waals surface area contributed by atoms with Gasteiger partial charge in [0.25, 0.3) is 0 Å². The van der Waals surface area contributed by atoms with E-state index in [-0.39, 0.29) is 0 Å². The molecule has 0 atom stereocenters. The molecule has 1 aromatic heterocycles. The third-order valence-corrected chi connectivity index (χ3v) is 3.42. The molecule has 1 aliphatic rings. The zero-order valence-corrected chi connectivity index (χ0v) is 11.6. The highest BCUT2D eigenvalue weighted by molar-refractivity contribution is 5.36. The second kappa shape index (κ2) is 6.01. The van der Waals surface area contributed by atoms with Gasteiger partial charge in [0.05, 0.1) is 31.0 Å². The number of hydrogen-bond donors (Lipinski definition) is 0. The van der Waals surface area contributed by atoms with Gasteiger partial charge in [-0.3, -0.25) is 4.90 Å². The standard InChI is InChI=1S/C13H14F3N5O/c14-13(15,16)10-2-1-3-11(8-10)21-12(17-18-19-21)9-20-4-6-22-7-5-20/h1-3,8H,4-7,9H2. The number of alkyl halides is 3. The van der Waals surface area contributed by atoms with Crippen LogP contribution in [0.4, 0.5) is 13.2 Å². The summed E-state index contributed by atoms with van der Waals surface area (Å²) in [5.41, 5.74) is -0.430. The van der Waals surface area contributed by atoms with Crippen LogP contribution in [0.2, 0.25) is 0 Å². The van der Waals surface area contributed by atoms with Crippen molar-refractivity contribution >= 4 is 0 Å². The average Bonchev–Trinajstić information content (AvgIpc) is 2.96. The Morgan fingerprint density at radius 1 is 1.18 bits per heavy atom. The van der Waals surface area contributed by atoms with Crippen molar-refractivity contribution < 1.29 is 17.9 Å². The van der Waals surface area contributed by atoms with Gasteiger partial charge in [-0.15, -0.1) is 5.10 Å². The van der Waals surface area contributed by atoms with Crippen LogP contribution in [0.3, 0.4) is 0 Å². The Balaban J connectivity index is 1.85. The van der Waals surface area contributed by atoms with Crippen LogP contribution >= 0.6 is 0 Å². The first-order valence-electron chi connectivity index (χ1n) is 6.79. The largest absolute Gasteiger partial charge is 0.416 e. The monoisotopic (exact) mass is 313 g/mol. The number of hydrogen-bond acceptors (Lipinski definition) is 5. The van der Waals surface area contributed by atoms with Gasteiger partial charge in [0, 0.05) is 13.1 Å². The predicted octanol–water partition coefficient (Wildman–Crippen LogP) is 1.51. The van der Waals surface area contributed by atoms with Gasteiger partial charge >= 0.3 is 6.18 Å². The number of nitrogens with zero attached hydrogens (tertiary/aromatic N) is 5. The molecule has 0 amide bonds. The second-order valence-electron chi connectivity index (χ2n) is 4.94. The normalized spacial score (nSPS) is 16.9. The summed E-state index contributed by atoms with van der Waals surface area (Å²) in [6.45, 7) is 3.22. The molecule has 0 radical (unpaired) electrons. The van der Waals surface area contributed by atoms with Crippen molar-refractivity contribution in [1.82, 2.24) is 25.1 Å². The summed E-state index contributed by atoms with van der Waals surface area (Å²) in [5.74, 6) is 0.501. The van der Waals surface area contributed by atoms with Crippen LogP contribution in [0.25, 0.3) is 5.69 Å². The molecular formula is C13H14F3N5O. The van der Waals surface area contributed by atoms with E-state index in [0.29, 0.717) is 31.3 Å². The quantitative estimate of drug-likeness (QED) is 0.860. The number of aromatic nitrogens is 4. The van der Waals surface area contributed by atoms with Gasteiger partial charge in [-0.2, -0.15) is 17.9 Å². The molecule has 3 rings (SSSR count). The molecule has 0 unspecified atom stereocenters. The molecule has 0 N–H and O–H groups in total. The van der Waals surface area contributed by atoms with Crippen molar-refractivity contribution in [3.8, 4) is 5.69 Å². The number of tetrazole rings is 1. The molecule has 1 saturated heterocycles. The Hall–Kier alpha value is -2.00. The van der Waals surface area contributed by atoms with Gasteiger partial charge in [0.2, 0.25) is 0 Å².